The van der Waals surface area contributed by atoms with Gasteiger partial charge in [0, 0.05) is 17.8 Å². The SMILES string of the molecule is Cc1nn(-c2ccccc2F)c(C)c1C1COCCN1CC(N)=O. The molecule has 1 aliphatic heterocycles. The minimum Gasteiger partial charge on any atom is -0.378 e. The summed E-state index contributed by atoms with van der Waals surface area (Å²) in [5, 5.41) is 4.51. The first-order valence-corrected chi connectivity index (χ1v) is 7.90. The average molecular weight is 332 g/mol. The lowest BCUT2D eigenvalue weighted by molar-refractivity contribution is -0.121. The van der Waals surface area contributed by atoms with Gasteiger partial charge in [0.05, 0.1) is 31.5 Å². The van der Waals surface area contributed by atoms with Gasteiger partial charge in [0.2, 0.25) is 5.91 Å². The number of aryl methyl sites for hydroxylation is 1. The lowest BCUT2D eigenvalue weighted by atomic mass is 10.0. The number of aromatic nitrogens is 2. The zero-order valence-electron chi connectivity index (χ0n) is 13.8. The van der Waals surface area contributed by atoms with Gasteiger partial charge in [-0.25, -0.2) is 9.07 Å². The third-order valence-electron chi connectivity index (χ3n) is 4.36. The average Bonchev–Trinajstić information content (AvgIpc) is 2.83. The van der Waals surface area contributed by atoms with Crippen molar-refractivity contribution in [2.75, 3.05) is 26.3 Å². The van der Waals surface area contributed by atoms with Gasteiger partial charge in [-0.2, -0.15) is 5.10 Å². The molecule has 1 aromatic carbocycles. The number of para-hydroxylation sites is 1. The molecule has 2 heterocycles. The third kappa shape index (κ3) is 3.05. The quantitative estimate of drug-likeness (QED) is 0.920. The van der Waals surface area contributed by atoms with Crippen LogP contribution in [-0.4, -0.2) is 46.9 Å². The lowest BCUT2D eigenvalue weighted by Crippen LogP contribution is -2.44. The van der Waals surface area contributed by atoms with Crippen LogP contribution in [0.4, 0.5) is 4.39 Å². The molecule has 0 radical (unpaired) electrons. The number of halogens is 1. The first-order chi connectivity index (χ1) is 11.5. The summed E-state index contributed by atoms with van der Waals surface area (Å²) in [4.78, 5) is 13.3. The van der Waals surface area contributed by atoms with Gasteiger partial charge in [0.15, 0.2) is 0 Å². The normalized spacial score (nSPS) is 18.7. The Morgan fingerprint density at radius 2 is 2.17 bits per heavy atom. The second kappa shape index (κ2) is 6.70. The summed E-state index contributed by atoms with van der Waals surface area (Å²) >= 11 is 0. The van der Waals surface area contributed by atoms with Crippen LogP contribution in [0.15, 0.2) is 24.3 Å². The van der Waals surface area contributed by atoms with Crippen molar-refractivity contribution in [1.82, 2.24) is 14.7 Å². The van der Waals surface area contributed by atoms with Gasteiger partial charge in [-0.3, -0.25) is 9.69 Å². The molecule has 0 aliphatic carbocycles. The molecule has 0 bridgehead atoms. The minimum absolute atomic E-state index is 0.119. The van der Waals surface area contributed by atoms with Crippen LogP contribution in [0.1, 0.15) is 23.0 Å². The zero-order valence-corrected chi connectivity index (χ0v) is 13.8. The lowest BCUT2D eigenvalue weighted by Gasteiger charge is -2.35. The van der Waals surface area contributed by atoms with Crippen molar-refractivity contribution in [1.29, 1.82) is 0 Å². The number of carbonyl (C=O) groups is 1. The molecule has 1 unspecified atom stereocenters. The Hall–Kier alpha value is -2.25. The van der Waals surface area contributed by atoms with Crippen molar-refractivity contribution < 1.29 is 13.9 Å². The van der Waals surface area contributed by atoms with E-state index in [1.165, 1.54) is 6.07 Å². The van der Waals surface area contributed by atoms with Gasteiger partial charge >= 0.3 is 0 Å². The van der Waals surface area contributed by atoms with Crippen molar-refractivity contribution in [2.45, 2.75) is 19.9 Å². The van der Waals surface area contributed by atoms with E-state index in [0.717, 1.165) is 17.0 Å². The molecule has 1 aromatic heterocycles. The first-order valence-electron chi connectivity index (χ1n) is 7.90. The maximum absolute atomic E-state index is 14.1. The molecule has 2 N–H and O–H groups in total. The highest BCUT2D eigenvalue weighted by Crippen LogP contribution is 2.30. The fourth-order valence-corrected chi connectivity index (χ4v) is 3.29. The summed E-state index contributed by atoms with van der Waals surface area (Å²) in [5.74, 6) is -0.706. The minimum atomic E-state index is -0.376. The summed E-state index contributed by atoms with van der Waals surface area (Å²) in [5.41, 5.74) is 8.35. The highest BCUT2D eigenvalue weighted by atomic mass is 19.1. The Morgan fingerprint density at radius 1 is 1.42 bits per heavy atom. The fourth-order valence-electron chi connectivity index (χ4n) is 3.29. The van der Waals surface area contributed by atoms with Gasteiger partial charge < -0.3 is 10.5 Å². The Morgan fingerprint density at radius 3 is 2.88 bits per heavy atom. The predicted octanol–water partition coefficient (Wildman–Crippen LogP) is 1.49. The molecule has 1 atom stereocenters. The number of amides is 1. The Kier molecular flexibility index (Phi) is 4.64. The van der Waals surface area contributed by atoms with Crippen LogP contribution in [0.3, 0.4) is 0 Å². The smallest absolute Gasteiger partial charge is 0.231 e. The highest BCUT2D eigenvalue weighted by molar-refractivity contribution is 5.76. The monoisotopic (exact) mass is 332 g/mol. The number of nitrogens with two attached hydrogens (primary N) is 1. The summed E-state index contributed by atoms with van der Waals surface area (Å²) in [6.45, 7) is 5.59. The third-order valence-corrected chi connectivity index (χ3v) is 4.36. The van der Waals surface area contributed by atoms with Crippen LogP contribution >= 0.6 is 0 Å². The number of benzene rings is 1. The molecule has 1 aliphatic rings. The van der Waals surface area contributed by atoms with E-state index in [-0.39, 0.29) is 24.3 Å². The van der Waals surface area contributed by atoms with Gasteiger partial charge in [0.25, 0.3) is 0 Å². The van der Waals surface area contributed by atoms with E-state index in [9.17, 15) is 9.18 Å². The summed E-state index contributed by atoms with van der Waals surface area (Å²) in [6, 6.07) is 6.41. The Labute approximate surface area is 140 Å². The van der Waals surface area contributed by atoms with Gasteiger partial charge in [0.1, 0.15) is 11.5 Å². The standard InChI is InChI=1S/C17H21FN4O2/c1-11-17(15-10-24-8-7-21(15)9-16(19)23)12(2)22(20-11)14-6-4-3-5-13(14)18/h3-6,15H,7-10H2,1-2H3,(H2,19,23). The van der Waals surface area contributed by atoms with E-state index in [2.05, 4.69) is 5.10 Å². The molecule has 1 saturated heterocycles. The molecule has 7 heteroatoms. The van der Waals surface area contributed by atoms with E-state index < -0.39 is 0 Å². The van der Waals surface area contributed by atoms with Crippen molar-refractivity contribution in [3.8, 4) is 5.69 Å². The number of ether oxygens (including phenoxy) is 1. The summed E-state index contributed by atoms with van der Waals surface area (Å²) < 4.78 is 21.3. The maximum Gasteiger partial charge on any atom is 0.231 e. The molecule has 2 aromatic rings. The molecule has 128 valence electrons. The predicted molar refractivity (Wildman–Crippen MR) is 87.3 cm³/mol. The molecule has 3 rings (SSSR count). The van der Waals surface area contributed by atoms with E-state index in [0.29, 0.717) is 25.4 Å². The molecule has 0 saturated carbocycles. The van der Waals surface area contributed by atoms with Crippen LogP contribution in [0.5, 0.6) is 0 Å². The summed E-state index contributed by atoms with van der Waals surface area (Å²) in [7, 11) is 0. The van der Waals surface area contributed by atoms with Crippen LogP contribution in [0.25, 0.3) is 5.69 Å². The van der Waals surface area contributed by atoms with Gasteiger partial charge in [-0.15, -0.1) is 0 Å². The number of morpholine rings is 1. The second-order valence-electron chi connectivity index (χ2n) is 5.98. The van der Waals surface area contributed by atoms with Crippen molar-refractivity contribution >= 4 is 5.91 Å². The van der Waals surface area contributed by atoms with Crippen molar-refractivity contribution in [3.63, 3.8) is 0 Å². The summed E-state index contributed by atoms with van der Waals surface area (Å²) in [6.07, 6.45) is 0. The zero-order chi connectivity index (χ0) is 17.3. The molecule has 6 nitrogen and oxygen atoms in total. The fraction of sp³-hybridized carbons (Fsp3) is 0.412. The number of carbonyl (C=O) groups excluding carboxylic acids is 1. The van der Waals surface area contributed by atoms with E-state index in [4.69, 9.17) is 10.5 Å². The molecule has 1 fully saturated rings. The van der Waals surface area contributed by atoms with Crippen LogP contribution < -0.4 is 5.73 Å². The molecule has 0 spiro atoms. The number of rotatable bonds is 4. The maximum atomic E-state index is 14.1. The number of primary amides is 1. The van der Waals surface area contributed by atoms with E-state index in [1.54, 1.807) is 22.9 Å². The first kappa shape index (κ1) is 16.6. The van der Waals surface area contributed by atoms with Crippen LogP contribution in [0, 0.1) is 19.7 Å². The van der Waals surface area contributed by atoms with E-state index >= 15 is 0 Å². The topological polar surface area (TPSA) is 73.4 Å². The van der Waals surface area contributed by atoms with Crippen LogP contribution in [-0.2, 0) is 9.53 Å². The van der Waals surface area contributed by atoms with Crippen molar-refractivity contribution in [3.05, 3.63) is 47.0 Å². The molecule has 1 amide bonds. The van der Waals surface area contributed by atoms with E-state index in [1.807, 2.05) is 18.7 Å². The number of nitrogens with zero attached hydrogens (tertiary/aromatic N) is 3. The Bertz CT molecular complexity index is 759. The van der Waals surface area contributed by atoms with Gasteiger partial charge in [-0.05, 0) is 26.0 Å². The van der Waals surface area contributed by atoms with Crippen molar-refractivity contribution in [2.24, 2.45) is 5.73 Å². The largest absolute Gasteiger partial charge is 0.378 e. The highest BCUT2D eigenvalue weighted by Gasteiger charge is 2.30. The number of hydrogen-bond donors (Lipinski definition) is 1. The Balaban J connectivity index is 2.02. The van der Waals surface area contributed by atoms with Crippen LogP contribution in [0.2, 0.25) is 0 Å². The molecular formula is C17H21FN4O2. The second-order valence-corrected chi connectivity index (χ2v) is 5.98. The van der Waals surface area contributed by atoms with Gasteiger partial charge in [-0.1, -0.05) is 12.1 Å². The molecule has 24 heavy (non-hydrogen) atoms. The molecular weight excluding hydrogens is 311 g/mol. The number of hydrogen-bond acceptors (Lipinski definition) is 4.